The molecule has 3 atom stereocenters. The fraction of sp³-hybridized carbons (Fsp3) is 0.556. The summed E-state index contributed by atoms with van der Waals surface area (Å²) in [6.45, 7) is 4.26. The van der Waals surface area contributed by atoms with Gasteiger partial charge in [0.25, 0.3) is 0 Å². The molecular formula is C27H36N6. The van der Waals surface area contributed by atoms with Crippen LogP contribution in [0.3, 0.4) is 0 Å². The van der Waals surface area contributed by atoms with Gasteiger partial charge in [-0.2, -0.15) is 0 Å². The normalized spacial score (nSPS) is 25.8. The number of imidazole rings is 1. The van der Waals surface area contributed by atoms with Crippen LogP contribution in [0.2, 0.25) is 0 Å². The summed E-state index contributed by atoms with van der Waals surface area (Å²) in [4.78, 5) is 15.0. The van der Waals surface area contributed by atoms with Crippen molar-refractivity contribution in [1.82, 2.24) is 24.2 Å². The lowest BCUT2D eigenvalue weighted by atomic mass is 9.77. The van der Waals surface area contributed by atoms with Gasteiger partial charge in [0.2, 0.25) is 0 Å². The Kier molecular flexibility index (Phi) is 5.80. The second-order valence-electron chi connectivity index (χ2n) is 10.3. The van der Waals surface area contributed by atoms with Crippen LogP contribution in [0.4, 0.5) is 5.82 Å². The Morgan fingerprint density at radius 3 is 2.91 bits per heavy atom. The van der Waals surface area contributed by atoms with Gasteiger partial charge in [-0.1, -0.05) is 12.1 Å². The maximum atomic E-state index is 5.01. The average Bonchev–Trinajstić information content (AvgIpc) is 3.45. The highest BCUT2D eigenvalue weighted by Crippen LogP contribution is 2.43. The lowest BCUT2D eigenvalue weighted by Gasteiger charge is -2.44. The van der Waals surface area contributed by atoms with Crippen LogP contribution in [-0.2, 0) is 13.0 Å². The Morgan fingerprint density at radius 2 is 2.00 bits per heavy atom. The van der Waals surface area contributed by atoms with E-state index in [-0.39, 0.29) is 0 Å². The molecule has 2 aliphatic heterocycles. The van der Waals surface area contributed by atoms with Crippen LogP contribution >= 0.6 is 0 Å². The van der Waals surface area contributed by atoms with Gasteiger partial charge < -0.3 is 10.2 Å². The molecule has 3 aromatic heterocycles. The number of nitrogens with one attached hydrogen (secondary N) is 1. The second kappa shape index (κ2) is 9.07. The van der Waals surface area contributed by atoms with E-state index in [0.717, 1.165) is 42.7 Å². The highest BCUT2D eigenvalue weighted by Gasteiger charge is 2.37. The van der Waals surface area contributed by atoms with Crippen molar-refractivity contribution < 1.29 is 0 Å². The van der Waals surface area contributed by atoms with Crippen LogP contribution in [0.1, 0.15) is 61.5 Å². The van der Waals surface area contributed by atoms with Crippen molar-refractivity contribution in [3.63, 3.8) is 0 Å². The van der Waals surface area contributed by atoms with Crippen molar-refractivity contribution in [3.8, 4) is 0 Å². The third kappa shape index (κ3) is 4.15. The summed E-state index contributed by atoms with van der Waals surface area (Å²) in [6.07, 6.45) is 13.1. The number of anilines is 1. The van der Waals surface area contributed by atoms with Crippen molar-refractivity contribution >= 4 is 11.5 Å². The number of pyridine rings is 2. The molecule has 6 rings (SSSR count). The molecule has 0 saturated carbocycles. The highest BCUT2D eigenvalue weighted by molar-refractivity contribution is 5.51. The van der Waals surface area contributed by atoms with E-state index < -0.39 is 0 Å². The molecule has 3 unspecified atom stereocenters. The van der Waals surface area contributed by atoms with Crippen molar-refractivity contribution in [2.75, 3.05) is 32.0 Å². The van der Waals surface area contributed by atoms with Gasteiger partial charge >= 0.3 is 0 Å². The zero-order chi connectivity index (χ0) is 22.2. The zero-order valence-corrected chi connectivity index (χ0v) is 19.8. The van der Waals surface area contributed by atoms with E-state index in [0.29, 0.717) is 12.1 Å². The Labute approximate surface area is 197 Å². The third-order valence-electron chi connectivity index (χ3n) is 8.21. The summed E-state index contributed by atoms with van der Waals surface area (Å²) >= 11 is 0. The molecule has 5 heterocycles. The van der Waals surface area contributed by atoms with Crippen LogP contribution in [-0.4, -0.2) is 56.9 Å². The van der Waals surface area contributed by atoms with Crippen LogP contribution in [0.15, 0.2) is 42.7 Å². The first-order valence-electron chi connectivity index (χ1n) is 12.9. The molecule has 33 heavy (non-hydrogen) atoms. The van der Waals surface area contributed by atoms with Crippen molar-refractivity contribution in [2.45, 2.75) is 63.6 Å². The second-order valence-corrected chi connectivity index (χ2v) is 10.3. The molecular weight excluding hydrogens is 408 g/mol. The topological polar surface area (TPSA) is 48.7 Å². The molecule has 6 nitrogen and oxygen atoms in total. The highest BCUT2D eigenvalue weighted by atomic mass is 15.2. The standard InChI is InChI=1S/C27H36N6/c1-31-16-5-8-23(31)13-15-28-24-9-2-10-25-30-22(19-33(24)25)18-32-17-4-7-21-12-11-20-6-3-14-29-26(20)27(21)32/h2-3,6,9-10,14,19,21,23,27-28H,4-5,7-8,11-13,15-18H2,1H3. The number of hydrogen-bond donors (Lipinski definition) is 1. The smallest absolute Gasteiger partial charge is 0.138 e. The molecule has 0 radical (unpaired) electrons. The van der Waals surface area contributed by atoms with Gasteiger partial charge in [-0.3, -0.25) is 14.3 Å². The van der Waals surface area contributed by atoms with Gasteiger partial charge in [0.1, 0.15) is 11.5 Å². The molecule has 2 fully saturated rings. The average molecular weight is 445 g/mol. The van der Waals surface area contributed by atoms with E-state index in [1.165, 1.54) is 62.7 Å². The Hall–Kier alpha value is -2.44. The molecule has 0 aromatic carbocycles. The maximum Gasteiger partial charge on any atom is 0.138 e. The first-order valence-corrected chi connectivity index (χ1v) is 12.9. The third-order valence-corrected chi connectivity index (χ3v) is 8.21. The Morgan fingerprint density at radius 1 is 1.06 bits per heavy atom. The summed E-state index contributed by atoms with van der Waals surface area (Å²) in [5.41, 5.74) is 4.95. The monoisotopic (exact) mass is 444 g/mol. The summed E-state index contributed by atoms with van der Waals surface area (Å²) in [6, 6.07) is 11.9. The quantitative estimate of drug-likeness (QED) is 0.606. The van der Waals surface area contributed by atoms with Crippen LogP contribution < -0.4 is 5.32 Å². The maximum absolute atomic E-state index is 5.01. The van der Waals surface area contributed by atoms with E-state index in [1.54, 1.807) is 0 Å². The fourth-order valence-corrected chi connectivity index (χ4v) is 6.50. The van der Waals surface area contributed by atoms with Gasteiger partial charge in [-0.05, 0) is 94.8 Å². The largest absolute Gasteiger partial charge is 0.371 e. The fourth-order valence-electron chi connectivity index (χ4n) is 6.50. The van der Waals surface area contributed by atoms with Gasteiger partial charge in [-0.15, -0.1) is 0 Å². The summed E-state index contributed by atoms with van der Waals surface area (Å²) in [5, 5.41) is 3.68. The minimum Gasteiger partial charge on any atom is -0.371 e. The molecule has 1 N–H and O–H groups in total. The Bertz CT molecular complexity index is 1110. The van der Waals surface area contributed by atoms with Gasteiger partial charge in [0, 0.05) is 31.5 Å². The number of aromatic nitrogens is 3. The lowest BCUT2D eigenvalue weighted by molar-refractivity contribution is 0.0687. The molecule has 3 aromatic rings. The number of rotatable bonds is 6. The van der Waals surface area contributed by atoms with E-state index in [9.17, 15) is 0 Å². The van der Waals surface area contributed by atoms with E-state index in [2.05, 4.69) is 63.1 Å². The SMILES string of the molecule is CN1CCCC1CCNc1cccc2nc(CN3CCCC4CCc5cccnc5C43)cn12. The lowest BCUT2D eigenvalue weighted by Crippen LogP contribution is -2.41. The molecule has 0 spiro atoms. The number of hydrogen-bond acceptors (Lipinski definition) is 5. The van der Waals surface area contributed by atoms with E-state index in [1.807, 2.05) is 6.20 Å². The van der Waals surface area contributed by atoms with Crippen LogP contribution in [0.25, 0.3) is 5.65 Å². The molecule has 1 aliphatic carbocycles. The zero-order valence-electron chi connectivity index (χ0n) is 19.8. The number of piperidine rings is 1. The minimum absolute atomic E-state index is 0.439. The predicted molar refractivity (Wildman–Crippen MR) is 132 cm³/mol. The number of nitrogens with zero attached hydrogens (tertiary/aromatic N) is 5. The van der Waals surface area contributed by atoms with Crippen LogP contribution in [0.5, 0.6) is 0 Å². The number of likely N-dealkylation sites (tertiary alicyclic amines) is 2. The molecule has 2 saturated heterocycles. The minimum atomic E-state index is 0.439. The molecule has 174 valence electrons. The summed E-state index contributed by atoms with van der Waals surface area (Å²) < 4.78 is 2.24. The first kappa shape index (κ1) is 21.1. The van der Waals surface area contributed by atoms with Crippen molar-refractivity contribution in [2.24, 2.45) is 5.92 Å². The number of fused-ring (bicyclic) bond motifs is 4. The molecule has 0 bridgehead atoms. The van der Waals surface area contributed by atoms with Crippen molar-refractivity contribution in [3.05, 3.63) is 59.7 Å². The summed E-state index contributed by atoms with van der Waals surface area (Å²) in [7, 11) is 2.26. The summed E-state index contributed by atoms with van der Waals surface area (Å²) in [5.74, 6) is 1.87. The van der Waals surface area contributed by atoms with Crippen LogP contribution in [0, 0.1) is 5.92 Å². The Balaban J connectivity index is 1.19. The van der Waals surface area contributed by atoms with Gasteiger partial charge in [0.15, 0.2) is 0 Å². The van der Waals surface area contributed by atoms with Crippen molar-refractivity contribution in [1.29, 1.82) is 0 Å². The van der Waals surface area contributed by atoms with E-state index in [4.69, 9.17) is 9.97 Å². The molecule has 3 aliphatic rings. The molecule has 6 heteroatoms. The van der Waals surface area contributed by atoms with Gasteiger partial charge in [0.05, 0.1) is 17.4 Å². The van der Waals surface area contributed by atoms with Gasteiger partial charge in [-0.25, -0.2) is 4.98 Å². The first-order chi connectivity index (χ1) is 16.3. The number of aryl methyl sites for hydroxylation is 1. The molecule has 0 amide bonds. The van der Waals surface area contributed by atoms with E-state index >= 15 is 0 Å². The predicted octanol–water partition coefficient (Wildman–Crippen LogP) is 4.53.